The lowest BCUT2D eigenvalue weighted by molar-refractivity contribution is -0.132. The lowest BCUT2D eigenvalue weighted by atomic mass is 9.99. The predicted octanol–water partition coefficient (Wildman–Crippen LogP) is 4.39. The summed E-state index contributed by atoms with van der Waals surface area (Å²) in [4.78, 5) is 14.2. The van der Waals surface area contributed by atoms with Gasteiger partial charge in [-0.3, -0.25) is 4.79 Å². The molecule has 1 saturated heterocycles. The molecule has 0 aliphatic carbocycles. The first-order valence-electron chi connectivity index (χ1n) is 7.54. The van der Waals surface area contributed by atoms with Crippen LogP contribution < -0.4 is 4.74 Å². The van der Waals surface area contributed by atoms with Crippen LogP contribution in [-0.2, 0) is 4.79 Å². The predicted molar refractivity (Wildman–Crippen MR) is 92.3 cm³/mol. The minimum absolute atomic E-state index is 0.0110. The molecule has 120 valence electrons. The average Bonchev–Trinajstić information content (AvgIpc) is 3.05. The van der Waals surface area contributed by atoms with Crippen molar-refractivity contribution in [2.75, 3.05) is 19.7 Å². The number of halogens is 2. The SMILES string of the molecule is O=C(COc1ccc(Cl)cc1Cl)N1CC[C@@H](c2ccccc2)C1. The highest BCUT2D eigenvalue weighted by molar-refractivity contribution is 6.35. The van der Waals surface area contributed by atoms with E-state index in [0.717, 1.165) is 19.5 Å². The third-order valence-electron chi connectivity index (χ3n) is 4.06. The molecule has 3 nitrogen and oxygen atoms in total. The molecule has 0 radical (unpaired) electrons. The van der Waals surface area contributed by atoms with Crippen molar-refractivity contribution in [2.45, 2.75) is 12.3 Å². The summed E-state index contributed by atoms with van der Waals surface area (Å²) >= 11 is 11.9. The molecule has 0 aromatic heterocycles. The van der Waals surface area contributed by atoms with E-state index in [2.05, 4.69) is 12.1 Å². The molecule has 1 aliphatic heterocycles. The van der Waals surface area contributed by atoms with Crippen LogP contribution in [-0.4, -0.2) is 30.5 Å². The monoisotopic (exact) mass is 349 g/mol. The van der Waals surface area contributed by atoms with E-state index in [0.29, 0.717) is 21.7 Å². The smallest absolute Gasteiger partial charge is 0.260 e. The standard InChI is InChI=1S/C18H17Cl2NO2/c19-15-6-7-17(16(20)10-15)23-12-18(22)21-9-8-14(11-21)13-4-2-1-3-5-13/h1-7,10,14H,8-9,11-12H2/t14-/m1/s1. The third kappa shape index (κ3) is 3.98. The maximum Gasteiger partial charge on any atom is 0.260 e. The second kappa shape index (κ2) is 7.24. The number of ether oxygens (including phenoxy) is 1. The van der Waals surface area contributed by atoms with E-state index in [9.17, 15) is 4.79 Å². The van der Waals surface area contributed by atoms with E-state index in [1.54, 1.807) is 18.2 Å². The van der Waals surface area contributed by atoms with Gasteiger partial charge in [-0.05, 0) is 30.2 Å². The second-order valence-corrected chi connectivity index (χ2v) is 6.44. The zero-order chi connectivity index (χ0) is 16.2. The van der Waals surface area contributed by atoms with E-state index in [4.69, 9.17) is 27.9 Å². The van der Waals surface area contributed by atoms with Crippen LogP contribution in [0.5, 0.6) is 5.75 Å². The van der Waals surface area contributed by atoms with Crippen molar-refractivity contribution >= 4 is 29.1 Å². The average molecular weight is 350 g/mol. The number of carbonyl (C=O) groups is 1. The first-order chi connectivity index (χ1) is 11.1. The minimum Gasteiger partial charge on any atom is -0.482 e. The fraction of sp³-hybridized carbons (Fsp3) is 0.278. The van der Waals surface area contributed by atoms with Gasteiger partial charge < -0.3 is 9.64 Å². The molecule has 1 fully saturated rings. The lowest BCUT2D eigenvalue weighted by Crippen LogP contribution is -2.32. The molecule has 1 atom stereocenters. The molecule has 1 amide bonds. The van der Waals surface area contributed by atoms with Gasteiger partial charge in [-0.25, -0.2) is 0 Å². The maximum atomic E-state index is 12.3. The van der Waals surface area contributed by atoms with Crippen LogP contribution in [0.1, 0.15) is 17.9 Å². The minimum atomic E-state index is -0.0190. The molecule has 0 bridgehead atoms. The van der Waals surface area contributed by atoms with Crippen LogP contribution in [0, 0.1) is 0 Å². The summed E-state index contributed by atoms with van der Waals surface area (Å²) in [6.45, 7) is 1.49. The van der Waals surface area contributed by atoms with E-state index in [1.807, 2.05) is 23.1 Å². The number of amides is 1. The van der Waals surface area contributed by atoms with Crippen molar-refractivity contribution in [3.8, 4) is 5.75 Å². The third-order valence-corrected chi connectivity index (χ3v) is 4.59. The van der Waals surface area contributed by atoms with E-state index >= 15 is 0 Å². The summed E-state index contributed by atoms with van der Waals surface area (Å²) in [5.74, 6) is 0.858. The van der Waals surface area contributed by atoms with Crippen molar-refractivity contribution in [2.24, 2.45) is 0 Å². The van der Waals surface area contributed by atoms with Gasteiger partial charge in [-0.1, -0.05) is 53.5 Å². The Morgan fingerprint density at radius 2 is 1.96 bits per heavy atom. The number of hydrogen-bond acceptors (Lipinski definition) is 2. The van der Waals surface area contributed by atoms with Crippen molar-refractivity contribution in [1.29, 1.82) is 0 Å². The molecule has 0 N–H and O–H groups in total. The molecule has 1 heterocycles. The van der Waals surface area contributed by atoms with Crippen LogP contribution in [0.2, 0.25) is 10.0 Å². The summed E-state index contributed by atoms with van der Waals surface area (Å²) < 4.78 is 5.53. The Kier molecular flexibility index (Phi) is 5.09. The quantitative estimate of drug-likeness (QED) is 0.819. The highest BCUT2D eigenvalue weighted by Gasteiger charge is 2.27. The van der Waals surface area contributed by atoms with E-state index < -0.39 is 0 Å². The van der Waals surface area contributed by atoms with Crippen LogP contribution in [0.25, 0.3) is 0 Å². The maximum absolute atomic E-state index is 12.3. The van der Waals surface area contributed by atoms with Crippen molar-refractivity contribution in [3.05, 3.63) is 64.1 Å². The highest BCUT2D eigenvalue weighted by atomic mass is 35.5. The normalized spacial score (nSPS) is 17.3. The van der Waals surface area contributed by atoms with Crippen molar-refractivity contribution < 1.29 is 9.53 Å². The Labute approximate surface area is 145 Å². The van der Waals surface area contributed by atoms with Crippen LogP contribution in [0.15, 0.2) is 48.5 Å². The topological polar surface area (TPSA) is 29.5 Å². The number of nitrogens with zero attached hydrogens (tertiary/aromatic N) is 1. The molecule has 2 aromatic carbocycles. The molecular formula is C18H17Cl2NO2. The van der Waals surface area contributed by atoms with Gasteiger partial charge in [0.15, 0.2) is 6.61 Å². The Bertz CT molecular complexity index is 691. The number of hydrogen-bond donors (Lipinski definition) is 0. The highest BCUT2D eigenvalue weighted by Crippen LogP contribution is 2.29. The number of rotatable bonds is 4. The molecule has 3 rings (SSSR count). The Morgan fingerprint density at radius 1 is 1.17 bits per heavy atom. The molecule has 1 aliphatic rings. The first kappa shape index (κ1) is 16.2. The van der Waals surface area contributed by atoms with E-state index in [1.165, 1.54) is 5.56 Å². The summed E-state index contributed by atoms with van der Waals surface area (Å²) in [5.41, 5.74) is 1.28. The number of carbonyl (C=O) groups excluding carboxylic acids is 1. The van der Waals surface area contributed by atoms with Gasteiger partial charge in [-0.2, -0.15) is 0 Å². The Hall–Kier alpha value is -1.71. The van der Waals surface area contributed by atoms with Crippen molar-refractivity contribution in [1.82, 2.24) is 4.90 Å². The van der Waals surface area contributed by atoms with Gasteiger partial charge >= 0.3 is 0 Å². The molecule has 0 unspecified atom stereocenters. The summed E-state index contributed by atoms with van der Waals surface area (Å²) in [7, 11) is 0. The van der Waals surface area contributed by atoms with Crippen LogP contribution in [0.3, 0.4) is 0 Å². The molecule has 2 aromatic rings. The fourth-order valence-corrected chi connectivity index (χ4v) is 3.27. The first-order valence-corrected chi connectivity index (χ1v) is 8.29. The van der Waals surface area contributed by atoms with Crippen LogP contribution in [0.4, 0.5) is 0 Å². The van der Waals surface area contributed by atoms with Gasteiger partial charge in [0.1, 0.15) is 5.75 Å². The summed E-state index contributed by atoms with van der Waals surface area (Å²) in [5, 5.41) is 0.952. The molecule has 0 spiro atoms. The van der Waals surface area contributed by atoms with Gasteiger partial charge in [0.2, 0.25) is 0 Å². The zero-order valence-electron chi connectivity index (χ0n) is 12.5. The molecule has 23 heavy (non-hydrogen) atoms. The van der Waals surface area contributed by atoms with Gasteiger partial charge in [-0.15, -0.1) is 0 Å². The second-order valence-electron chi connectivity index (χ2n) is 5.60. The van der Waals surface area contributed by atoms with Gasteiger partial charge in [0.25, 0.3) is 5.91 Å². The lowest BCUT2D eigenvalue weighted by Gasteiger charge is -2.17. The zero-order valence-corrected chi connectivity index (χ0v) is 14.1. The Morgan fingerprint density at radius 3 is 2.70 bits per heavy atom. The van der Waals surface area contributed by atoms with Crippen LogP contribution >= 0.6 is 23.2 Å². The summed E-state index contributed by atoms with van der Waals surface area (Å²) in [6.07, 6.45) is 0.984. The van der Waals surface area contributed by atoms with Crippen molar-refractivity contribution in [3.63, 3.8) is 0 Å². The van der Waals surface area contributed by atoms with Gasteiger partial charge in [0, 0.05) is 24.0 Å². The van der Waals surface area contributed by atoms with E-state index in [-0.39, 0.29) is 12.5 Å². The largest absolute Gasteiger partial charge is 0.482 e. The number of benzene rings is 2. The molecule has 0 saturated carbocycles. The molecular weight excluding hydrogens is 333 g/mol. The fourth-order valence-electron chi connectivity index (χ4n) is 2.81. The Balaban J connectivity index is 1.55. The molecule has 5 heteroatoms. The van der Waals surface area contributed by atoms with Gasteiger partial charge in [0.05, 0.1) is 5.02 Å². The summed E-state index contributed by atoms with van der Waals surface area (Å²) in [6, 6.07) is 15.3. The number of likely N-dealkylation sites (tertiary alicyclic amines) is 1.